The van der Waals surface area contributed by atoms with Gasteiger partial charge in [0.1, 0.15) is 17.5 Å². The van der Waals surface area contributed by atoms with Crippen LogP contribution >= 0.6 is 0 Å². The fraction of sp³-hybridized carbons (Fsp3) is 0.444. The van der Waals surface area contributed by atoms with Crippen molar-refractivity contribution in [3.8, 4) is 11.5 Å². The monoisotopic (exact) mass is 344 g/mol. The Labute approximate surface area is 145 Å². The molecular weight excluding hydrogens is 324 g/mol. The van der Waals surface area contributed by atoms with Crippen LogP contribution in [0.3, 0.4) is 0 Å². The van der Waals surface area contributed by atoms with Gasteiger partial charge in [0, 0.05) is 18.5 Å². The zero-order chi connectivity index (χ0) is 17.3. The molecular formula is C18H20N2O5. The predicted octanol–water partition coefficient (Wildman–Crippen LogP) is 2.05. The molecule has 1 saturated heterocycles. The van der Waals surface area contributed by atoms with E-state index in [0.717, 1.165) is 12.0 Å². The van der Waals surface area contributed by atoms with E-state index in [0.29, 0.717) is 55.7 Å². The van der Waals surface area contributed by atoms with Gasteiger partial charge in [-0.1, -0.05) is 17.3 Å². The highest BCUT2D eigenvalue weighted by atomic mass is 16.5. The van der Waals surface area contributed by atoms with E-state index in [-0.39, 0.29) is 11.3 Å². The zero-order valence-corrected chi connectivity index (χ0v) is 14.0. The first-order valence-electron chi connectivity index (χ1n) is 8.36. The summed E-state index contributed by atoms with van der Waals surface area (Å²) in [7, 11) is 0. The molecule has 7 nitrogen and oxygen atoms in total. The Bertz CT molecular complexity index is 782. The molecule has 0 saturated carbocycles. The van der Waals surface area contributed by atoms with Crippen LogP contribution in [0.15, 0.2) is 29.0 Å². The van der Waals surface area contributed by atoms with Crippen molar-refractivity contribution >= 4 is 5.91 Å². The van der Waals surface area contributed by atoms with Crippen LogP contribution in [0.25, 0.3) is 0 Å². The molecule has 0 spiro atoms. The molecule has 1 fully saturated rings. The number of amides is 1. The summed E-state index contributed by atoms with van der Waals surface area (Å²) < 4.78 is 21.8. The SMILES string of the molecule is CC1(c2nocc2C(=O)NCc2cccc3c2OCCCO3)COC1. The van der Waals surface area contributed by atoms with Gasteiger partial charge in [0.25, 0.3) is 5.91 Å². The summed E-state index contributed by atoms with van der Waals surface area (Å²) in [5.41, 5.74) is 1.71. The second kappa shape index (κ2) is 6.40. The van der Waals surface area contributed by atoms with Gasteiger partial charge in [-0.25, -0.2) is 0 Å². The number of fused-ring (bicyclic) bond motifs is 1. The molecule has 4 rings (SSSR count). The Kier molecular flexibility index (Phi) is 4.09. The molecule has 2 aromatic rings. The van der Waals surface area contributed by atoms with E-state index in [9.17, 15) is 4.79 Å². The van der Waals surface area contributed by atoms with Crippen molar-refractivity contribution in [2.24, 2.45) is 0 Å². The molecule has 132 valence electrons. The summed E-state index contributed by atoms with van der Waals surface area (Å²) in [4.78, 5) is 12.6. The summed E-state index contributed by atoms with van der Waals surface area (Å²) in [6.07, 6.45) is 2.23. The maximum Gasteiger partial charge on any atom is 0.256 e. The van der Waals surface area contributed by atoms with Crippen LogP contribution in [-0.2, 0) is 16.7 Å². The fourth-order valence-corrected chi connectivity index (χ4v) is 3.04. The van der Waals surface area contributed by atoms with E-state index in [1.54, 1.807) is 0 Å². The standard InChI is InChI=1S/C18H20N2O5/c1-18(10-22-11-18)16-13(9-25-20-16)17(21)19-8-12-4-2-5-14-15(12)24-7-3-6-23-14/h2,4-5,9H,3,6-8,10-11H2,1H3,(H,19,21). The van der Waals surface area contributed by atoms with Crippen LogP contribution in [-0.4, -0.2) is 37.5 Å². The van der Waals surface area contributed by atoms with Crippen molar-refractivity contribution in [2.45, 2.75) is 25.3 Å². The van der Waals surface area contributed by atoms with Crippen molar-refractivity contribution in [3.63, 3.8) is 0 Å². The molecule has 3 heterocycles. The predicted molar refractivity (Wildman–Crippen MR) is 87.9 cm³/mol. The third-order valence-electron chi connectivity index (χ3n) is 4.52. The van der Waals surface area contributed by atoms with E-state index in [1.807, 2.05) is 25.1 Å². The molecule has 0 bridgehead atoms. The molecule has 1 aromatic carbocycles. The van der Waals surface area contributed by atoms with Gasteiger partial charge in [-0.05, 0) is 13.0 Å². The summed E-state index contributed by atoms with van der Waals surface area (Å²) in [6, 6.07) is 5.69. The van der Waals surface area contributed by atoms with E-state index in [2.05, 4.69) is 10.5 Å². The molecule has 1 N–H and O–H groups in total. The van der Waals surface area contributed by atoms with Gasteiger partial charge < -0.3 is 24.1 Å². The fourth-order valence-electron chi connectivity index (χ4n) is 3.04. The lowest BCUT2D eigenvalue weighted by atomic mass is 9.83. The average molecular weight is 344 g/mol. The van der Waals surface area contributed by atoms with Crippen LogP contribution in [0.5, 0.6) is 11.5 Å². The molecule has 1 aromatic heterocycles. The van der Waals surface area contributed by atoms with Gasteiger partial charge in [-0.15, -0.1) is 0 Å². The molecule has 1 amide bonds. The van der Waals surface area contributed by atoms with Crippen molar-refractivity contribution in [3.05, 3.63) is 41.3 Å². The smallest absolute Gasteiger partial charge is 0.256 e. The van der Waals surface area contributed by atoms with Gasteiger partial charge >= 0.3 is 0 Å². The molecule has 25 heavy (non-hydrogen) atoms. The van der Waals surface area contributed by atoms with Gasteiger partial charge in [0.15, 0.2) is 11.5 Å². The van der Waals surface area contributed by atoms with Crippen molar-refractivity contribution in [2.75, 3.05) is 26.4 Å². The van der Waals surface area contributed by atoms with Gasteiger partial charge in [-0.2, -0.15) is 0 Å². The number of nitrogens with one attached hydrogen (secondary N) is 1. The summed E-state index contributed by atoms with van der Waals surface area (Å²) >= 11 is 0. The van der Waals surface area contributed by atoms with Gasteiger partial charge in [0.05, 0.1) is 31.8 Å². The van der Waals surface area contributed by atoms with E-state index >= 15 is 0 Å². The second-order valence-electron chi connectivity index (χ2n) is 6.61. The van der Waals surface area contributed by atoms with E-state index < -0.39 is 0 Å². The largest absolute Gasteiger partial charge is 0.490 e. The van der Waals surface area contributed by atoms with E-state index in [4.69, 9.17) is 18.7 Å². The number of hydrogen-bond acceptors (Lipinski definition) is 6. The van der Waals surface area contributed by atoms with Gasteiger partial charge in [0.2, 0.25) is 0 Å². The Morgan fingerprint density at radius 3 is 2.92 bits per heavy atom. The normalized spacial score (nSPS) is 18.1. The Morgan fingerprint density at radius 1 is 1.28 bits per heavy atom. The number of ether oxygens (including phenoxy) is 3. The number of hydrogen-bond donors (Lipinski definition) is 1. The van der Waals surface area contributed by atoms with Crippen molar-refractivity contribution < 1.29 is 23.5 Å². The molecule has 0 unspecified atom stereocenters. The maximum absolute atomic E-state index is 12.6. The molecule has 0 radical (unpaired) electrons. The van der Waals surface area contributed by atoms with Crippen molar-refractivity contribution in [1.29, 1.82) is 0 Å². The average Bonchev–Trinajstić information content (AvgIpc) is 2.96. The minimum atomic E-state index is -0.263. The lowest BCUT2D eigenvalue weighted by Crippen LogP contribution is -2.45. The third kappa shape index (κ3) is 2.95. The number of carbonyl (C=O) groups excluding carboxylic acids is 1. The summed E-state index contributed by atoms with van der Waals surface area (Å²) in [6.45, 7) is 4.66. The first-order valence-corrected chi connectivity index (χ1v) is 8.36. The highest BCUT2D eigenvalue weighted by Crippen LogP contribution is 2.34. The third-order valence-corrected chi connectivity index (χ3v) is 4.52. The molecule has 2 aliphatic rings. The minimum Gasteiger partial charge on any atom is -0.490 e. The molecule has 2 aliphatic heterocycles. The minimum absolute atomic E-state index is 0.225. The second-order valence-corrected chi connectivity index (χ2v) is 6.61. The molecule has 0 aliphatic carbocycles. The molecule has 0 atom stereocenters. The summed E-state index contributed by atoms with van der Waals surface area (Å²) in [5, 5.41) is 6.93. The molecule has 7 heteroatoms. The van der Waals surface area contributed by atoms with Crippen LogP contribution in [0.1, 0.15) is 35.0 Å². The Hall–Kier alpha value is -2.54. The Morgan fingerprint density at radius 2 is 2.12 bits per heavy atom. The summed E-state index contributed by atoms with van der Waals surface area (Å²) in [5.74, 6) is 1.19. The highest BCUT2D eigenvalue weighted by molar-refractivity contribution is 5.95. The number of aromatic nitrogens is 1. The Balaban J connectivity index is 1.49. The van der Waals surface area contributed by atoms with E-state index in [1.165, 1.54) is 6.26 Å². The van der Waals surface area contributed by atoms with Crippen LogP contribution in [0, 0.1) is 0 Å². The number of nitrogens with zero attached hydrogens (tertiary/aromatic N) is 1. The van der Waals surface area contributed by atoms with Crippen molar-refractivity contribution in [1.82, 2.24) is 10.5 Å². The van der Waals surface area contributed by atoms with Gasteiger partial charge in [-0.3, -0.25) is 4.79 Å². The highest BCUT2D eigenvalue weighted by Gasteiger charge is 2.41. The van der Waals surface area contributed by atoms with Crippen LogP contribution in [0.2, 0.25) is 0 Å². The number of carbonyl (C=O) groups is 1. The first kappa shape index (κ1) is 16.0. The van der Waals surface area contributed by atoms with Crippen LogP contribution in [0.4, 0.5) is 0 Å². The topological polar surface area (TPSA) is 82.8 Å². The first-order chi connectivity index (χ1) is 12.2. The number of para-hydroxylation sites is 1. The quantitative estimate of drug-likeness (QED) is 0.914. The maximum atomic E-state index is 12.6. The lowest BCUT2D eigenvalue weighted by Gasteiger charge is -2.36. The van der Waals surface area contributed by atoms with Crippen LogP contribution < -0.4 is 14.8 Å². The lowest BCUT2D eigenvalue weighted by molar-refractivity contribution is -0.0534. The zero-order valence-electron chi connectivity index (χ0n) is 14.0. The number of benzene rings is 1. The number of rotatable bonds is 4.